The molecule has 1 aromatic heterocycles. The molecule has 6 heteroatoms. The average Bonchev–Trinajstić information content (AvgIpc) is 2.82. The lowest BCUT2D eigenvalue weighted by molar-refractivity contribution is -0.385. The summed E-state index contributed by atoms with van der Waals surface area (Å²) < 4.78 is 1.73. The molecule has 1 N–H and O–H groups in total. The number of hydrogen-bond donors (Lipinski definition) is 1. The Morgan fingerprint density at radius 1 is 1.33 bits per heavy atom. The Balaban J connectivity index is 2.54. The van der Waals surface area contributed by atoms with Crippen LogP contribution >= 0.6 is 0 Å². The Hall–Kier alpha value is -2.63. The second kappa shape index (κ2) is 5.78. The van der Waals surface area contributed by atoms with Crippen LogP contribution < -0.4 is 0 Å². The van der Waals surface area contributed by atoms with Crippen LogP contribution in [-0.4, -0.2) is 20.6 Å². The molecule has 0 aliphatic heterocycles. The highest BCUT2D eigenvalue weighted by Crippen LogP contribution is 2.28. The molecule has 2 rings (SSSR count). The summed E-state index contributed by atoms with van der Waals surface area (Å²) in [4.78, 5) is 21.7. The Kier molecular flexibility index (Phi) is 4.07. The van der Waals surface area contributed by atoms with Crippen molar-refractivity contribution in [2.24, 2.45) is 0 Å². The first-order chi connectivity index (χ1) is 9.95. The summed E-state index contributed by atoms with van der Waals surface area (Å²) >= 11 is 0. The summed E-state index contributed by atoms with van der Waals surface area (Å²) in [6.07, 6.45) is 0.800. The van der Waals surface area contributed by atoms with E-state index < -0.39 is 10.9 Å². The lowest BCUT2D eigenvalue weighted by atomic mass is 10.1. The molecular formula is C15H16N2O4. The highest BCUT2D eigenvalue weighted by molar-refractivity contribution is 5.87. The lowest BCUT2D eigenvalue weighted by Crippen LogP contribution is -2.09. The molecule has 0 spiro atoms. The lowest BCUT2D eigenvalue weighted by Gasteiger charge is -2.11. The summed E-state index contributed by atoms with van der Waals surface area (Å²) in [6, 6.07) is 8.11. The van der Waals surface area contributed by atoms with Crippen molar-refractivity contribution in [1.82, 2.24) is 4.57 Å². The predicted octanol–water partition coefficient (Wildman–Crippen LogP) is 3.48. The van der Waals surface area contributed by atoms with E-state index >= 15 is 0 Å². The molecule has 0 fully saturated rings. The van der Waals surface area contributed by atoms with Crippen molar-refractivity contribution in [1.29, 1.82) is 0 Å². The predicted molar refractivity (Wildman–Crippen MR) is 78.5 cm³/mol. The van der Waals surface area contributed by atoms with Gasteiger partial charge in [0.2, 0.25) is 0 Å². The topological polar surface area (TPSA) is 85.4 Å². The number of carboxylic acid groups (broad SMARTS) is 1. The van der Waals surface area contributed by atoms with Gasteiger partial charge in [0.1, 0.15) is 5.69 Å². The van der Waals surface area contributed by atoms with Gasteiger partial charge in [-0.25, -0.2) is 4.79 Å². The van der Waals surface area contributed by atoms with Crippen LogP contribution in [0.3, 0.4) is 0 Å². The summed E-state index contributed by atoms with van der Waals surface area (Å²) in [6.45, 7) is 4.23. The first-order valence-electron chi connectivity index (χ1n) is 6.64. The quantitative estimate of drug-likeness (QED) is 0.674. The standard InChI is InChI=1S/C15H16N2O4/c1-3-8-16-13(6-7-14(16)15(18)19)11-4-5-12(17(20)21)10(2)9-11/h4-7,9H,3,8H2,1-2H3,(H,18,19). The number of carboxylic acids is 1. The minimum atomic E-state index is -0.978. The molecular weight excluding hydrogens is 272 g/mol. The van der Waals surface area contributed by atoms with Crippen LogP contribution in [0.5, 0.6) is 0 Å². The number of rotatable bonds is 5. The van der Waals surface area contributed by atoms with Crippen LogP contribution in [0.2, 0.25) is 0 Å². The molecule has 0 saturated carbocycles. The normalized spacial score (nSPS) is 10.6. The first kappa shape index (κ1) is 14.8. The zero-order chi connectivity index (χ0) is 15.6. The van der Waals surface area contributed by atoms with Crippen LogP contribution in [0.25, 0.3) is 11.3 Å². The van der Waals surface area contributed by atoms with Crippen molar-refractivity contribution in [3.05, 3.63) is 51.7 Å². The second-order valence-electron chi connectivity index (χ2n) is 4.82. The van der Waals surface area contributed by atoms with Gasteiger partial charge in [-0.05, 0) is 43.2 Å². The van der Waals surface area contributed by atoms with E-state index in [1.807, 2.05) is 6.92 Å². The molecule has 6 nitrogen and oxygen atoms in total. The van der Waals surface area contributed by atoms with E-state index in [9.17, 15) is 20.0 Å². The highest BCUT2D eigenvalue weighted by atomic mass is 16.6. The van der Waals surface area contributed by atoms with Gasteiger partial charge in [-0.1, -0.05) is 6.92 Å². The molecule has 1 aromatic carbocycles. The van der Waals surface area contributed by atoms with Gasteiger partial charge >= 0.3 is 5.97 Å². The van der Waals surface area contributed by atoms with Crippen LogP contribution in [0.15, 0.2) is 30.3 Å². The third-order valence-electron chi connectivity index (χ3n) is 3.34. The summed E-state index contributed by atoms with van der Waals surface area (Å²) in [7, 11) is 0. The monoisotopic (exact) mass is 288 g/mol. The van der Waals surface area contributed by atoms with E-state index in [2.05, 4.69) is 0 Å². The number of hydrogen-bond acceptors (Lipinski definition) is 3. The molecule has 0 atom stereocenters. The number of nitro benzene ring substituents is 1. The molecule has 0 aliphatic carbocycles. The molecule has 0 aliphatic rings. The van der Waals surface area contributed by atoms with Crippen molar-refractivity contribution >= 4 is 11.7 Å². The summed E-state index contributed by atoms with van der Waals surface area (Å²) in [5.41, 5.74) is 2.37. The van der Waals surface area contributed by atoms with Gasteiger partial charge in [0.15, 0.2) is 0 Å². The third-order valence-corrected chi connectivity index (χ3v) is 3.34. The molecule has 0 bridgehead atoms. The fourth-order valence-corrected chi connectivity index (χ4v) is 2.39. The van der Waals surface area contributed by atoms with E-state index in [-0.39, 0.29) is 11.4 Å². The Labute approximate surface area is 121 Å². The van der Waals surface area contributed by atoms with Crippen molar-refractivity contribution in [3.8, 4) is 11.3 Å². The van der Waals surface area contributed by atoms with Crippen molar-refractivity contribution in [2.45, 2.75) is 26.8 Å². The molecule has 1 heterocycles. The Bertz CT molecular complexity index is 704. The number of aromatic carboxylic acids is 1. The van der Waals surface area contributed by atoms with Gasteiger partial charge in [-0.3, -0.25) is 10.1 Å². The Morgan fingerprint density at radius 3 is 2.57 bits per heavy atom. The maximum absolute atomic E-state index is 11.2. The number of benzene rings is 1. The van der Waals surface area contributed by atoms with Crippen LogP contribution in [0.1, 0.15) is 29.4 Å². The molecule has 0 saturated heterocycles. The molecule has 2 aromatic rings. The van der Waals surface area contributed by atoms with Gasteiger partial charge in [-0.15, -0.1) is 0 Å². The molecule has 0 amide bonds. The zero-order valence-corrected chi connectivity index (χ0v) is 11.9. The first-order valence-corrected chi connectivity index (χ1v) is 6.64. The SMILES string of the molecule is CCCn1c(C(=O)O)ccc1-c1ccc([N+](=O)[O-])c(C)c1. The van der Waals surface area contributed by atoms with E-state index in [1.165, 1.54) is 6.07 Å². The van der Waals surface area contributed by atoms with Crippen molar-refractivity contribution < 1.29 is 14.8 Å². The second-order valence-corrected chi connectivity index (χ2v) is 4.82. The van der Waals surface area contributed by atoms with E-state index in [4.69, 9.17) is 0 Å². The molecule has 0 radical (unpaired) electrons. The fourth-order valence-electron chi connectivity index (χ4n) is 2.39. The number of aryl methyl sites for hydroxylation is 1. The molecule has 0 unspecified atom stereocenters. The number of aromatic nitrogens is 1. The van der Waals surface area contributed by atoms with Crippen LogP contribution in [-0.2, 0) is 6.54 Å². The maximum atomic E-state index is 11.2. The largest absolute Gasteiger partial charge is 0.477 e. The van der Waals surface area contributed by atoms with Crippen molar-refractivity contribution in [3.63, 3.8) is 0 Å². The minimum Gasteiger partial charge on any atom is -0.477 e. The van der Waals surface area contributed by atoms with E-state index in [0.717, 1.165) is 17.7 Å². The fraction of sp³-hybridized carbons (Fsp3) is 0.267. The Morgan fingerprint density at radius 2 is 2.05 bits per heavy atom. The van der Waals surface area contributed by atoms with E-state index in [0.29, 0.717) is 12.1 Å². The van der Waals surface area contributed by atoms with Gasteiger partial charge in [0.05, 0.1) is 4.92 Å². The van der Waals surface area contributed by atoms with Crippen molar-refractivity contribution in [2.75, 3.05) is 0 Å². The van der Waals surface area contributed by atoms with Gasteiger partial charge in [0.25, 0.3) is 5.69 Å². The van der Waals surface area contributed by atoms with Crippen LogP contribution in [0.4, 0.5) is 5.69 Å². The van der Waals surface area contributed by atoms with Crippen LogP contribution in [0, 0.1) is 17.0 Å². The minimum absolute atomic E-state index is 0.0609. The molecule has 21 heavy (non-hydrogen) atoms. The van der Waals surface area contributed by atoms with Gasteiger partial charge < -0.3 is 9.67 Å². The number of nitro groups is 1. The summed E-state index contributed by atoms with van der Waals surface area (Å²) in [5, 5.41) is 20.1. The smallest absolute Gasteiger partial charge is 0.352 e. The number of carbonyl (C=O) groups is 1. The van der Waals surface area contributed by atoms with E-state index in [1.54, 1.807) is 35.8 Å². The maximum Gasteiger partial charge on any atom is 0.352 e. The molecule has 110 valence electrons. The third kappa shape index (κ3) is 2.79. The summed E-state index contributed by atoms with van der Waals surface area (Å²) in [5.74, 6) is -0.978. The average molecular weight is 288 g/mol. The van der Waals surface area contributed by atoms with Gasteiger partial charge in [-0.2, -0.15) is 0 Å². The highest BCUT2D eigenvalue weighted by Gasteiger charge is 2.17. The van der Waals surface area contributed by atoms with Gasteiger partial charge in [0, 0.05) is 23.9 Å². The zero-order valence-electron chi connectivity index (χ0n) is 11.9. The number of nitrogens with zero attached hydrogens (tertiary/aromatic N) is 2.